The van der Waals surface area contributed by atoms with E-state index in [4.69, 9.17) is 0 Å². The van der Waals surface area contributed by atoms with Gasteiger partial charge in [-0.2, -0.15) is 13.2 Å². The molecule has 0 atom stereocenters. The molecule has 0 radical (unpaired) electrons. The zero-order chi connectivity index (χ0) is 14.6. The summed E-state index contributed by atoms with van der Waals surface area (Å²) in [4.78, 5) is 11.9. The highest BCUT2D eigenvalue weighted by Crippen LogP contribution is 2.39. The molecule has 0 saturated heterocycles. The van der Waals surface area contributed by atoms with Gasteiger partial charge in [0, 0.05) is 18.5 Å². The third-order valence-corrected chi connectivity index (χ3v) is 4.22. The molecule has 2 saturated carbocycles. The normalized spacial score (nSPS) is 27.4. The molecule has 2 aliphatic carbocycles. The number of halogens is 3. The van der Waals surface area contributed by atoms with Crippen LogP contribution in [-0.2, 0) is 4.79 Å². The Balaban J connectivity index is 1.56. The average Bonchev–Trinajstić information content (AvgIpc) is 3.21. The molecule has 0 aliphatic heterocycles. The van der Waals surface area contributed by atoms with E-state index in [9.17, 15) is 18.0 Å². The first-order valence-corrected chi connectivity index (χ1v) is 7.54. The molecule has 20 heavy (non-hydrogen) atoms. The Morgan fingerprint density at radius 2 is 1.65 bits per heavy atom. The summed E-state index contributed by atoms with van der Waals surface area (Å²) in [6.07, 6.45) is 0.155. The molecule has 6 heteroatoms. The molecule has 2 aliphatic rings. The molecular formula is C14H23F3N2O. The highest BCUT2D eigenvalue weighted by Gasteiger charge is 2.42. The molecule has 0 unspecified atom stereocenters. The Kier molecular flexibility index (Phi) is 5.29. The second kappa shape index (κ2) is 6.78. The van der Waals surface area contributed by atoms with E-state index in [1.165, 1.54) is 12.8 Å². The number of alkyl halides is 3. The van der Waals surface area contributed by atoms with E-state index in [0.717, 1.165) is 13.0 Å². The second-order valence-corrected chi connectivity index (χ2v) is 5.96. The van der Waals surface area contributed by atoms with Crippen LogP contribution in [0.25, 0.3) is 0 Å². The minimum absolute atomic E-state index is 0.0722. The van der Waals surface area contributed by atoms with Crippen molar-refractivity contribution in [1.29, 1.82) is 0 Å². The van der Waals surface area contributed by atoms with E-state index in [0.29, 0.717) is 25.4 Å². The summed E-state index contributed by atoms with van der Waals surface area (Å²) in [6.45, 7) is 1.50. The SMILES string of the molecule is O=C(NCCCNC1CC1)C1CCC(C(F)(F)F)CC1. The van der Waals surface area contributed by atoms with Gasteiger partial charge in [0.25, 0.3) is 0 Å². The summed E-state index contributed by atoms with van der Waals surface area (Å²) >= 11 is 0. The van der Waals surface area contributed by atoms with Crippen LogP contribution in [0.5, 0.6) is 0 Å². The van der Waals surface area contributed by atoms with Gasteiger partial charge in [0.1, 0.15) is 0 Å². The van der Waals surface area contributed by atoms with Gasteiger partial charge in [0.05, 0.1) is 5.92 Å². The molecule has 0 aromatic heterocycles. The predicted molar refractivity (Wildman–Crippen MR) is 70.2 cm³/mol. The number of hydrogen-bond acceptors (Lipinski definition) is 2. The van der Waals surface area contributed by atoms with Gasteiger partial charge in [-0.1, -0.05) is 0 Å². The van der Waals surface area contributed by atoms with Crippen molar-refractivity contribution in [2.45, 2.75) is 57.2 Å². The average molecular weight is 292 g/mol. The van der Waals surface area contributed by atoms with Gasteiger partial charge in [-0.25, -0.2) is 0 Å². The Hall–Kier alpha value is -0.780. The van der Waals surface area contributed by atoms with Gasteiger partial charge in [-0.15, -0.1) is 0 Å². The molecule has 0 aromatic carbocycles. The molecule has 1 amide bonds. The third kappa shape index (κ3) is 4.96. The summed E-state index contributed by atoms with van der Waals surface area (Å²) in [7, 11) is 0. The summed E-state index contributed by atoms with van der Waals surface area (Å²) in [5, 5.41) is 6.20. The van der Waals surface area contributed by atoms with Gasteiger partial charge in [-0.05, 0) is 51.5 Å². The largest absolute Gasteiger partial charge is 0.391 e. The van der Waals surface area contributed by atoms with E-state index < -0.39 is 12.1 Å². The molecule has 0 heterocycles. The first-order chi connectivity index (χ1) is 9.47. The number of nitrogens with one attached hydrogen (secondary N) is 2. The van der Waals surface area contributed by atoms with Gasteiger partial charge in [0.15, 0.2) is 0 Å². The van der Waals surface area contributed by atoms with Crippen molar-refractivity contribution in [1.82, 2.24) is 10.6 Å². The first-order valence-electron chi connectivity index (χ1n) is 7.54. The van der Waals surface area contributed by atoms with Crippen molar-refractivity contribution in [3.63, 3.8) is 0 Å². The minimum Gasteiger partial charge on any atom is -0.356 e. The summed E-state index contributed by atoms with van der Waals surface area (Å²) in [6, 6.07) is 0.670. The fourth-order valence-corrected chi connectivity index (χ4v) is 2.72. The maximum absolute atomic E-state index is 12.5. The molecule has 2 N–H and O–H groups in total. The number of rotatable bonds is 6. The Morgan fingerprint density at radius 1 is 1.00 bits per heavy atom. The van der Waals surface area contributed by atoms with Crippen molar-refractivity contribution in [2.75, 3.05) is 13.1 Å². The maximum Gasteiger partial charge on any atom is 0.391 e. The molecule has 0 bridgehead atoms. The lowest BCUT2D eigenvalue weighted by Gasteiger charge is -2.29. The van der Waals surface area contributed by atoms with Crippen molar-refractivity contribution in [3.8, 4) is 0 Å². The fraction of sp³-hybridized carbons (Fsp3) is 0.929. The van der Waals surface area contributed by atoms with E-state index >= 15 is 0 Å². The van der Waals surface area contributed by atoms with Crippen LogP contribution in [0.3, 0.4) is 0 Å². The molecule has 2 rings (SSSR count). The number of carbonyl (C=O) groups excluding carboxylic acids is 1. The lowest BCUT2D eigenvalue weighted by atomic mass is 9.81. The first kappa shape index (κ1) is 15.6. The number of amides is 1. The second-order valence-electron chi connectivity index (χ2n) is 5.96. The molecule has 2 fully saturated rings. The third-order valence-electron chi connectivity index (χ3n) is 4.22. The van der Waals surface area contributed by atoms with Gasteiger partial charge in [-0.3, -0.25) is 4.79 Å². The zero-order valence-corrected chi connectivity index (χ0v) is 11.6. The Labute approximate surface area is 117 Å². The molecule has 0 aromatic rings. The summed E-state index contributed by atoms with van der Waals surface area (Å²) in [5.74, 6) is -1.52. The number of carbonyl (C=O) groups is 1. The van der Waals surface area contributed by atoms with Gasteiger partial charge >= 0.3 is 6.18 Å². The monoisotopic (exact) mass is 292 g/mol. The van der Waals surface area contributed by atoms with Crippen LogP contribution < -0.4 is 10.6 Å². The van der Waals surface area contributed by atoms with Crippen LogP contribution in [0.15, 0.2) is 0 Å². The standard InChI is InChI=1S/C14H23F3N2O/c15-14(16,17)11-4-2-10(3-5-11)13(20)19-9-1-8-18-12-6-7-12/h10-12,18H,1-9H2,(H,19,20). The van der Waals surface area contributed by atoms with Crippen LogP contribution in [0, 0.1) is 11.8 Å². The van der Waals surface area contributed by atoms with Crippen LogP contribution >= 0.6 is 0 Å². The predicted octanol–water partition coefficient (Wildman–Crippen LogP) is 2.61. The maximum atomic E-state index is 12.5. The highest BCUT2D eigenvalue weighted by atomic mass is 19.4. The molecular weight excluding hydrogens is 269 g/mol. The van der Waals surface area contributed by atoms with Crippen LogP contribution in [0.1, 0.15) is 44.9 Å². The van der Waals surface area contributed by atoms with E-state index in [1.807, 2.05) is 0 Å². The van der Waals surface area contributed by atoms with Crippen molar-refractivity contribution >= 4 is 5.91 Å². The van der Waals surface area contributed by atoms with Crippen LogP contribution in [0.2, 0.25) is 0 Å². The minimum atomic E-state index is -4.10. The molecule has 0 spiro atoms. The Morgan fingerprint density at radius 3 is 2.20 bits per heavy atom. The van der Waals surface area contributed by atoms with Crippen molar-refractivity contribution in [3.05, 3.63) is 0 Å². The van der Waals surface area contributed by atoms with Crippen molar-refractivity contribution < 1.29 is 18.0 Å². The summed E-state index contributed by atoms with van der Waals surface area (Å²) in [5.41, 5.74) is 0. The number of hydrogen-bond donors (Lipinski definition) is 2. The lowest BCUT2D eigenvalue weighted by molar-refractivity contribution is -0.184. The fourth-order valence-electron chi connectivity index (χ4n) is 2.72. The lowest BCUT2D eigenvalue weighted by Crippen LogP contribution is -2.37. The zero-order valence-electron chi connectivity index (χ0n) is 11.6. The van der Waals surface area contributed by atoms with Crippen molar-refractivity contribution in [2.24, 2.45) is 11.8 Å². The smallest absolute Gasteiger partial charge is 0.356 e. The van der Waals surface area contributed by atoms with Gasteiger partial charge < -0.3 is 10.6 Å². The van der Waals surface area contributed by atoms with E-state index in [2.05, 4.69) is 10.6 Å². The van der Waals surface area contributed by atoms with E-state index in [1.54, 1.807) is 0 Å². The highest BCUT2D eigenvalue weighted by molar-refractivity contribution is 5.78. The topological polar surface area (TPSA) is 41.1 Å². The molecule has 3 nitrogen and oxygen atoms in total. The van der Waals surface area contributed by atoms with Crippen LogP contribution in [-0.4, -0.2) is 31.2 Å². The van der Waals surface area contributed by atoms with E-state index in [-0.39, 0.29) is 24.7 Å². The summed E-state index contributed by atoms with van der Waals surface area (Å²) < 4.78 is 37.6. The quantitative estimate of drug-likeness (QED) is 0.739. The Bertz CT molecular complexity index is 321. The molecule has 116 valence electrons. The van der Waals surface area contributed by atoms with Gasteiger partial charge in [0.2, 0.25) is 5.91 Å². The van der Waals surface area contributed by atoms with Crippen LogP contribution in [0.4, 0.5) is 13.2 Å².